The smallest absolute Gasteiger partial charge is 0.363 e. The second-order valence-corrected chi connectivity index (χ2v) is 7.81. The molecule has 1 aliphatic heterocycles. The third-order valence-electron chi connectivity index (χ3n) is 4.93. The predicted molar refractivity (Wildman–Crippen MR) is 109 cm³/mol. The van der Waals surface area contributed by atoms with E-state index in [0.29, 0.717) is 10.6 Å². The van der Waals surface area contributed by atoms with Crippen molar-refractivity contribution in [3.05, 3.63) is 75.7 Å². The van der Waals surface area contributed by atoms with Crippen molar-refractivity contribution in [3.63, 3.8) is 0 Å². The summed E-state index contributed by atoms with van der Waals surface area (Å²) in [5, 5.41) is 9.83. The molecule has 2 aromatic carbocycles. The second-order valence-electron chi connectivity index (χ2n) is 6.97. The lowest BCUT2D eigenvalue weighted by Crippen LogP contribution is -2.36. The van der Waals surface area contributed by atoms with Crippen molar-refractivity contribution < 1.29 is 22.4 Å². The van der Waals surface area contributed by atoms with Gasteiger partial charge in [-0.05, 0) is 35.9 Å². The van der Waals surface area contributed by atoms with E-state index in [4.69, 9.17) is 23.2 Å². The molecule has 0 unspecified atom stereocenters. The van der Waals surface area contributed by atoms with Crippen molar-refractivity contribution in [1.29, 1.82) is 0 Å². The summed E-state index contributed by atoms with van der Waals surface area (Å²) in [5.41, 5.74) is 0.608. The fraction of sp³-hybridized carbons (Fsp3) is 0.200. The van der Waals surface area contributed by atoms with Gasteiger partial charge in [0.15, 0.2) is 6.04 Å². The summed E-state index contributed by atoms with van der Waals surface area (Å²) in [6.45, 7) is 0. The van der Waals surface area contributed by atoms with Gasteiger partial charge >= 0.3 is 6.18 Å². The SMILES string of the molecule is O=C(Nc1ccc(Cl)cc1Cl)c1cnn2c1N[C@H](c1ccc(F)cc1)C[C@@H]2C(F)(F)F. The van der Waals surface area contributed by atoms with E-state index in [0.717, 1.165) is 10.9 Å². The number of benzene rings is 2. The van der Waals surface area contributed by atoms with Crippen molar-refractivity contribution in [2.24, 2.45) is 0 Å². The number of aromatic nitrogens is 2. The molecule has 0 saturated heterocycles. The Morgan fingerprint density at radius 2 is 1.87 bits per heavy atom. The third-order valence-corrected chi connectivity index (χ3v) is 5.48. The minimum atomic E-state index is -4.60. The molecule has 2 heterocycles. The Morgan fingerprint density at radius 1 is 1.16 bits per heavy atom. The van der Waals surface area contributed by atoms with Crippen molar-refractivity contribution >= 4 is 40.6 Å². The lowest BCUT2D eigenvalue weighted by molar-refractivity contribution is -0.173. The van der Waals surface area contributed by atoms with E-state index < -0.39 is 30.0 Å². The number of rotatable bonds is 3. The van der Waals surface area contributed by atoms with E-state index in [1.807, 2.05) is 0 Å². The quantitative estimate of drug-likeness (QED) is 0.443. The fourth-order valence-corrected chi connectivity index (χ4v) is 3.88. The highest BCUT2D eigenvalue weighted by Crippen LogP contribution is 2.44. The van der Waals surface area contributed by atoms with Gasteiger partial charge < -0.3 is 10.6 Å². The third kappa shape index (κ3) is 4.33. The van der Waals surface area contributed by atoms with E-state index in [2.05, 4.69) is 15.7 Å². The van der Waals surface area contributed by atoms with Gasteiger partial charge in [-0.3, -0.25) is 4.79 Å². The van der Waals surface area contributed by atoms with Gasteiger partial charge in [0, 0.05) is 11.4 Å². The highest BCUT2D eigenvalue weighted by Gasteiger charge is 2.47. The maximum absolute atomic E-state index is 13.7. The van der Waals surface area contributed by atoms with Crippen LogP contribution in [-0.4, -0.2) is 21.9 Å². The van der Waals surface area contributed by atoms with E-state index in [9.17, 15) is 22.4 Å². The average Bonchev–Trinajstić information content (AvgIpc) is 3.13. The van der Waals surface area contributed by atoms with Gasteiger partial charge in [0.25, 0.3) is 5.91 Å². The highest BCUT2D eigenvalue weighted by molar-refractivity contribution is 6.36. The van der Waals surface area contributed by atoms with Crippen molar-refractivity contribution in [1.82, 2.24) is 9.78 Å². The molecule has 0 saturated carbocycles. The van der Waals surface area contributed by atoms with E-state index >= 15 is 0 Å². The molecule has 0 aliphatic carbocycles. The van der Waals surface area contributed by atoms with Crippen LogP contribution in [-0.2, 0) is 0 Å². The van der Waals surface area contributed by atoms with Gasteiger partial charge in [0.2, 0.25) is 0 Å². The Bertz CT molecular complexity index is 1130. The number of carbonyl (C=O) groups excluding carboxylic acids is 1. The Balaban J connectivity index is 1.69. The molecular formula is C20H14Cl2F4N4O. The first kappa shape index (κ1) is 21.5. The van der Waals surface area contributed by atoms with Crippen LogP contribution in [0.4, 0.5) is 29.1 Å². The second kappa shape index (κ2) is 8.05. The molecule has 0 fully saturated rings. The summed E-state index contributed by atoms with van der Waals surface area (Å²) in [6, 6.07) is 6.80. The number of nitrogens with one attached hydrogen (secondary N) is 2. The zero-order chi connectivity index (χ0) is 22.3. The van der Waals surface area contributed by atoms with Crippen LogP contribution < -0.4 is 10.6 Å². The topological polar surface area (TPSA) is 59.0 Å². The number of hydrogen-bond acceptors (Lipinski definition) is 3. The molecule has 162 valence electrons. The summed E-state index contributed by atoms with van der Waals surface area (Å²) in [4.78, 5) is 12.8. The Kier molecular flexibility index (Phi) is 5.57. The highest BCUT2D eigenvalue weighted by atomic mass is 35.5. The number of nitrogens with zero attached hydrogens (tertiary/aromatic N) is 2. The summed E-state index contributed by atoms with van der Waals surface area (Å²) in [6.07, 6.45) is -3.91. The molecule has 31 heavy (non-hydrogen) atoms. The molecule has 2 N–H and O–H groups in total. The van der Waals surface area contributed by atoms with Crippen LogP contribution in [0.25, 0.3) is 0 Å². The number of hydrogen-bond donors (Lipinski definition) is 2. The molecule has 0 bridgehead atoms. The number of fused-ring (bicyclic) bond motifs is 1. The predicted octanol–water partition coefficient (Wildman–Crippen LogP) is 6.24. The molecule has 2 atom stereocenters. The Morgan fingerprint density at radius 3 is 2.52 bits per heavy atom. The van der Waals surface area contributed by atoms with Crippen LogP contribution in [0.15, 0.2) is 48.7 Å². The fourth-order valence-electron chi connectivity index (χ4n) is 3.42. The minimum absolute atomic E-state index is 0.0907. The molecule has 1 aromatic heterocycles. The lowest BCUT2D eigenvalue weighted by Gasteiger charge is -2.34. The van der Waals surface area contributed by atoms with Gasteiger partial charge in [-0.25, -0.2) is 9.07 Å². The van der Waals surface area contributed by atoms with Crippen LogP contribution in [0.5, 0.6) is 0 Å². The molecule has 5 nitrogen and oxygen atoms in total. The Labute approximate surface area is 184 Å². The van der Waals surface area contributed by atoms with Crippen LogP contribution in [0.2, 0.25) is 10.0 Å². The zero-order valence-electron chi connectivity index (χ0n) is 15.6. The van der Waals surface area contributed by atoms with Crippen LogP contribution in [0, 0.1) is 5.82 Å². The normalized spacial score (nSPS) is 18.3. The number of alkyl halides is 3. The van der Waals surface area contributed by atoms with Gasteiger partial charge in [-0.15, -0.1) is 0 Å². The standard InChI is InChI=1S/C20H14Cl2F4N4O/c21-11-3-6-15(14(22)7-11)29-19(31)13-9-27-30-17(20(24,25)26)8-16(28-18(13)30)10-1-4-12(23)5-2-10/h1-7,9,16-17,28H,8H2,(H,29,31)/t16-,17+/m0/s1. The van der Waals surface area contributed by atoms with Gasteiger partial charge in [-0.2, -0.15) is 18.3 Å². The molecule has 1 amide bonds. The molecule has 11 heteroatoms. The molecule has 3 aromatic rings. The molecule has 4 rings (SSSR count). The largest absolute Gasteiger partial charge is 0.410 e. The number of amides is 1. The average molecular weight is 473 g/mol. The molecule has 0 spiro atoms. The molecular weight excluding hydrogens is 459 g/mol. The summed E-state index contributed by atoms with van der Waals surface area (Å²) >= 11 is 11.9. The number of carbonyl (C=O) groups is 1. The van der Waals surface area contributed by atoms with E-state index in [-0.39, 0.29) is 28.5 Å². The van der Waals surface area contributed by atoms with Crippen LogP contribution in [0.1, 0.15) is 34.4 Å². The molecule has 0 radical (unpaired) electrons. The first-order valence-corrected chi connectivity index (χ1v) is 9.81. The number of halogens is 6. The van der Waals surface area contributed by atoms with Crippen LogP contribution in [0.3, 0.4) is 0 Å². The summed E-state index contributed by atoms with van der Waals surface area (Å²) in [5.74, 6) is -1.29. The summed E-state index contributed by atoms with van der Waals surface area (Å²) in [7, 11) is 0. The minimum Gasteiger partial charge on any atom is -0.363 e. The van der Waals surface area contributed by atoms with E-state index in [1.54, 1.807) is 0 Å². The Hall–Kier alpha value is -2.78. The first-order valence-electron chi connectivity index (χ1n) is 9.06. The first-order chi connectivity index (χ1) is 14.6. The molecule has 1 aliphatic rings. The van der Waals surface area contributed by atoms with Gasteiger partial charge in [0.05, 0.1) is 22.9 Å². The van der Waals surface area contributed by atoms with Crippen molar-refractivity contribution in [2.75, 3.05) is 10.6 Å². The van der Waals surface area contributed by atoms with Crippen molar-refractivity contribution in [3.8, 4) is 0 Å². The maximum Gasteiger partial charge on any atom is 0.410 e. The maximum atomic E-state index is 13.7. The van der Waals surface area contributed by atoms with Gasteiger partial charge in [-0.1, -0.05) is 35.3 Å². The zero-order valence-corrected chi connectivity index (χ0v) is 17.1. The monoisotopic (exact) mass is 472 g/mol. The van der Waals surface area contributed by atoms with Gasteiger partial charge in [0.1, 0.15) is 17.2 Å². The van der Waals surface area contributed by atoms with E-state index in [1.165, 1.54) is 42.5 Å². The number of anilines is 2. The lowest BCUT2D eigenvalue weighted by atomic mass is 9.96. The van der Waals surface area contributed by atoms with Crippen LogP contribution >= 0.6 is 23.2 Å². The summed E-state index contributed by atoms with van der Waals surface area (Å²) < 4.78 is 55.2. The van der Waals surface area contributed by atoms with Crippen molar-refractivity contribution in [2.45, 2.75) is 24.7 Å².